The standard InChI is InChI=1S/C21H18N4S/c1-15-11-12-18(14-16(15)2)25-20(17-8-4-3-5-9-17)23-24-21(25)26-19-10-6-7-13-22-19/h3-14H,1-2H3. The third-order valence-corrected chi connectivity index (χ3v) is 5.15. The Morgan fingerprint density at radius 3 is 2.35 bits per heavy atom. The number of aryl methyl sites for hydroxylation is 2. The lowest BCUT2D eigenvalue weighted by atomic mass is 10.1. The molecular formula is C21H18N4S. The molecule has 0 aliphatic carbocycles. The smallest absolute Gasteiger partial charge is 0.202 e. The molecule has 5 heteroatoms. The molecule has 0 atom stereocenters. The van der Waals surface area contributed by atoms with Gasteiger partial charge in [-0.1, -0.05) is 42.5 Å². The van der Waals surface area contributed by atoms with Gasteiger partial charge in [0.25, 0.3) is 0 Å². The van der Waals surface area contributed by atoms with Crippen molar-refractivity contribution in [1.29, 1.82) is 0 Å². The number of nitrogens with zero attached hydrogens (tertiary/aromatic N) is 4. The number of hydrogen-bond acceptors (Lipinski definition) is 4. The summed E-state index contributed by atoms with van der Waals surface area (Å²) in [4.78, 5) is 4.40. The average Bonchev–Trinajstić information content (AvgIpc) is 3.09. The van der Waals surface area contributed by atoms with E-state index in [0.717, 1.165) is 27.3 Å². The highest BCUT2D eigenvalue weighted by atomic mass is 32.2. The van der Waals surface area contributed by atoms with Crippen molar-refractivity contribution in [2.24, 2.45) is 0 Å². The summed E-state index contributed by atoms with van der Waals surface area (Å²) in [5, 5.41) is 10.6. The van der Waals surface area contributed by atoms with Crippen molar-refractivity contribution in [3.05, 3.63) is 84.1 Å². The first-order valence-electron chi connectivity index (χ1n) is 8.40. The molecule has 0 saturated heterocycles. The minimum atomic E-state index is 0.797. The highest BCUT2D eigenvalue weighted by Crippen LogP contribution is 2.31. The largest absolute Gasteiger partial charge is 0.270 e. The van der Waals surface area contributed by atoms with Crippen LogP contribution in [0.2, 0.25) is 0 Å². The summed E-state index contributed by atoms with van der Waals surface area (Å²) < 4.78 is 2.10. The van der Waals surface area contributed by atoms with Gasteiger partial charge in [0.05, 0.1) is 5.69 Å². The molecule has 2 aromatic carbocycles. The van der Waals surface area contributed by atoms with Gasteiger partial charge in [0.1, 0.15) is 5.03 Å². The summed E-state index contributed by atoms with van der Waals surface area (Å²) in [7, 11) is 0. The summed E-state index contributed by atoms with van der Waals surface area (Å²) in [6.45, 7) is 4.24. The summed E-state index contributed by atoms with van der Waals surface area (Å²) in [6, 6.07) is 22.4. The molecule has 0 saturated carbocycles. The van der Waals surface area contributed by atoms with Crippen LogP contribution in [0.25, 0.3) is 17.1 Å². The van der Waals surface area contributed by atoms with Crippen LogP contribution in [-0.2, 0) is 0 Å². The Morgan fingerprint density at radius 1 is 0.808 bits per heavy atom. The van der Waals surface area contributed by atoms with Gasteiger partial charge in [0.2, 0.25) is 5.16 Å². The lowest BCUT2D eigenvalue weighted by molar-refractivity contribution is 0.881. The lowest BCUT2D eigenvalue weighted by Gasteiger charge is -2.12. The van der Waals surface area contributed by atoms with Crippen molar-refractivity contribution in [2.75, 3.05) is 0 Å². The van der Waals surface area contributed by atoms with Crippen LogP contribution in [0.4, 0.5) is 0 Å². The minimum Gasteiger partial charge on any atom is -0.270 e. The summed E-state index contributed by atoms with van der Waals surface area (Å²) in [5.74, 6) is 0.826. The molecule has 4 nitrogen and oxygen atoms in total. The Balaban J connectivity index is 1.87. The van der Waals surface area contributed by atoms with E-state index in [4.69, 9.17) is 0 Å². The van der Waals surface area contributed by atoms with Crippen molar-refractivity contribution in [1.82, 2.24) is 19.7 Å². The van der Waals surface area contributed by atoms with E-state index in [1.807, 2.05) is 36.4 Å². The molecule has 26 heavy (non-hydrogen) atoms. The highest BCUT2D eigenvalue weighted by Gasteiger charge is 2.17. The Bertz CT molecular complexity index is 1030. The second-order valence-electron chi connectivity index (χ2n) is 6.05. The van der Waals surface area contributed by atoms with E-state index in [0.29, 0.717) is 0 Å². The summed E-state index contributed by atoms with van der Waals surface area (Å²) in [5.41, 5.74) is 4.59. The number of pyridine rings is 1. The molecule has 0 aliphatic heterocycles. The van der Waals surface area contributed by atoms with Crippen molar-refractivity contribution in [3.8, 4) is 17.1 Å². The highest BCUT2D eigenvalue weighted by molar-refractivity contribution is 7.99. The molecule has 4 aromatic rings. The maximum absolute atomic E-state index is 4.48. The van der Waals surface area contributed by atoms with Crippen molar-refractivity contribution < 1.29 is 0 Å². The summed E-state index contributed by atoms with van der Waals surface area (Å²) >= 11 is 1.51. The van der Waals surface area contributed by atoms with Gasteiger partial charge in [0.15, 0.2) is 5.82 Å². The van der Waals surface area contributed by atoms with Gasteiger partial charge < -0.3 is 0 Å². The molecule has 0 bridgehead atoms. The van der Waals surface area contributed by atoms with Gasteiger partial charge in [-0.15, -0.1) is 10.2 Å². The number of aromatic nitrogens is 4. The minimum absolute atomic E-state index is 0.797. The van der Waals surface area contributed by atoms with Crippen molar-refractivity contribution >= 4 is 11.8 Å². The second kappa shape index (κ2) is 7.14. The third kappa shape index (κ3) is 3.26. The first kappa shape index (κ1) is 16.5. The molecule has 0 fully saturated rings. The quantitative estimate of drug-likeness (QED) is 0.509. The van der Waals surface area contributed by atoms with Gasteiger partial charge >= 0.3 is 0 Å². The van der Waals surface area contributed by atoms with Gasteiger partial charge in [0, 0.05) is 11.8 Å². The Hall–Kier alpha value is -2.92. The molecule has 0 radical (unpaired) electrons. The molecule has 0 aliphatic rings. The first-order chi connectivity index (χ1) is 12.7. The molecule has 0 spiro atoms. The zero-order chi connectivity index (χ0) is 17.9. The molecule has 4 rings (SSSR count). The summed E-state index contributed by atoms with van der Waals surface area (Å²) in [6.07, 6.45) is 1.79. The molecule has 2 aromatic heterocycles. The predicted octanol–water partition coefficient (Wildman–Crippen LogP) is 5.10. The predicted molar refractivity (Wildman–Crippen MR) is 105 cm³/mol. The van der Waals surface area contributed by atoms with E-state index < -0.39 is 0 Å². The van der Waals surface area contributed by atoms with Gasteiger partial charge in [-0.25, -0.2) is 4.98 Å². The number of hydrogen-bond donors (Lipinski definition) is 0. The molecule has 0 amide bonds. The monoisotopic (exact) mass is 358 g/mol. The van der Waals surface area contributed by atoms with E-state index in [-0.39, 0.29) is 0 Å². The fourth-order valence-electron chi connectivity index (χ4n) is 2.71. The fraction of sp³-hybridized carbons (Fsp3) is 0.0952. The Kier molecular flexibility index (Phi) is 4.54. The van der Waals surface area contributed by atoms with Crippen molar-refractivity contribution in [3.63, 3.8) is 0 Å². The van der Waals surface area contributed by atoms with Crippen LogP contribution in [0.1, 0.15) is 11.1 Å². The third-order valence-electron chi connectivity index (χ3n) is 4.25. The van der Waals surface area contributed by atoms with E-state index >= 15 is 0 Å². The SMILES string of the molecule is Cc1ccc(-n2c(Sc3ccccn3)nnc2-c2ccccc2)cc1C. The van der Waals surface area contributed by atoms with E-state index in [1.165, 1.54) is 22.9 Å². The van der Waals surface area contributed by atoms with E-state index in [1.54, 1.807) is 6.20 Å². The first-order valence-corrected chi connectivity index (χ1v) is 9.21. The normalized spacial score (nSPS) is 10.8. The van der Waals surface area contributed by atoms with Crippen LogP contribution in [0.5, 0.6) is 0 Å². The Morgan fingerprint density at radius 2 is 1.62 bits per heavy atom. The number of benzene rings is 2. The molecule has 2 heterocycles. The topological polar surface area (TPSA) is 43.6 Å². The van der Waals surface area contributed by atoms with Gasteiger partial charge in [-0.3, -0.25) is 4.57 Å². The van der Waals surface area contributed by atoms with Crippen LogP contribution in [-0.4, -0.2) is 19.7 Å². The number of rotatable bonds is 4. The van der Waals surface area contributed by atoms with Gasteiger partial charge in [-0.2, -0.15) is 0 Å². The maximum Gasteiger partial charge on any atom is 0.202 e. The van der Waals surface area contributed by atoms with Gasteiger partial charge in [-0.05, 0) is 61.0 Å². The molecule has 0 unspecified atom stereocenters. The van der Waals surface area contributed by atoms with Crippen LogP contribution < -0.4 is 0 Å². The van der Waals surface area contributed by atoms with Crippen LogP contribution in [0.3, 0.4) is 0 Å². The molecular weight excluding hydrogens is 340 g/mol. The van der Waals surface area contributed by atoms with Crippen LogP contribution in [0.15, 0.2) is 83.1 Å². The second-order valence-corrected chi connectivity index (χ2v) is 7.03. The molecule has 0 N–H and O–H groups in total. The maximum atomic E-state index is 4.48. The lowest BCUT2D eigenvalue weighted by Crippen LogP contribution is -2.00. The van der Waals surface area contributed by atoms with Crippen LogP contribution >= 0.6 is 11.8 Å². The molecule has 128 valence electrons. The van der Waals surface area contributed by atoms with Crippen LogP contribution in [0, 0.1) is 13.8 Å². The van der Waals surface area contributed by atoms with E-state index in [2.05, 4.69) is 63.9 Å². The Labute approximate surface area is 157 Å². The zero-order valence-corrected chi connectivity index (χ0v) is 15.4. The zero-order valence-electron chi connectivity index (χ0n) is 14.6. The fourth-order valence-corrected chi connectivity index (χ4v) is 3.52. The van der Waals surface area contributed by atoms with Crippen molar-refractivity contribution in [2.45, 2.75) is 24.0 Å². The average molecular weight is 358 g/mol. The van der Waals surface area contributed by atoms with E-state index in [9.17, 15) is 0 Å².